The summed E-state index contributed by atoms with van der Waals surface area (Å²) in [6.07, 6.45) is -1.65. The van der Waals surface area contributed by atoms with Gasteiger partial charge in [-0.25, -0.2) is 9.59 Å². The fraction of sp³-hybridized carbons (Fsp3) is 0.250. The van der Waals surface area contributed by atoms with Crippen LogP contribution in [-0.2, 0) is 41.8 Å². The molecule has 1 unspecified atom stereocenters. The van der Waals surface area contributed by atoms with E-state index in [1.165, 1.54) is 0 Å². The second-order valence-electron chi connectivity index (χ2n) is 5.35. The smallest absolute Gasteiger partial charge is 0.378 e. The molecule has 0 aromatic heterocycles. The minimum Gasteiger partial charge on any atom is -0.464 e. The summed E-state index contributed by atoms with van der Waals surface area (Å²) in [4.78, 5) is 36.3. The Kier molecular flexibility index (Phi) is 7.51. The Labute approximate surface area is 151 Å². The number of rotatable bonds is 9. The monoisotopic (exact) mass is 356 g/mol. The highest BCUT2D eigenvalue weighted by atomic mass is 16.6. The molecule has 6 heteroatoms. The van der Waals surface area contributed by atoms with Crippen LogP contribution in [0.5, 0.6) is 0 Å². The van der Waals surface area contributed by atoms with Gasteiger partial charge in [0.1, 0.15) is 6.61 Å². The van der Waals surface area contributed by atoms with E-state index in [-0.39, 0.29) is 19.8 Å². The molecule has 26 heavy (non-hydrogen) atoms. The van der Waals surface area contributed by atoms with Crippen LogP contribution in [0.25, 0.3) is 0 Å². The summed E-state index contributed by atoms with van der Waals surface area (Å²) in [6.45, 7) is 1.59. The molecule has 6 nitrogen and oxygen atoms in total. The number of hydrogen-bond acceptors (Lipinski definition) is 6. The van der Waals surface area contributed by atoms with E-state index in [1.54, 1.807) is 55.5 Å². The van der Waals surface area contributed by atoms with E-state index in [0.717, 1.165) is 11.1 Å². The highest BCUT2D eigenvalue weighted by Crippen LogP contribution is 2.08. The van der Waals surface area contributed by atoms with Crippen LogP contribution in [0.4, 0.5) is 0 Å². The van der Waals surface area contributed by atoms with Gasteiger partial charge in [0.2, 0.25) is 6.10 Å². The number of ether oxygens (including phenoxy) is 3. The van der Waals surface area contributed by atoms with E-state index in [2.05, 4.69) is 0 Å². The van der Waals surface area contributed by atoms with E-state index in [0.29, 0.717) is 0 Å². The maximum atomic E-state index is 12.3. The van der Waals surface area contributed by atoms with Gasteiger partial charge in [-0.1, -0.05) is 60.7 Å². The van der Waals surface area contributed by atoms with E-state index in [1.807, 2.05) is 12.1 Å². The Bertz CT molecular complexity index is 726. The van der Waals surface area contributed by atoms with Crippen molar-refractivity contribution in [3.05, 3.63) is 71.8 Å². The lowest BCUT2D eigenvalue weighted by molar-refractivity contribution is -0.171. The Hall–Kier alpha value is -2.99. The number of esters is 2. The number of Topliss-reactive ketones (excluding diaryl/α,β-unsaturated/α-hetero) is 1. The fourth-order valence-corrected chi connectivity index (χ4v) is 2.12. The SMILES string of the molecule is CCOC(=O)C(OCc1ccccc1)C(=O)C(=O)OCc1ccccc1. The molecule has 0 heterocycles. The first-order valence-electron chi connectivity index (χ1n) is 8.19. The summed E-state index contributed by atoms with van der Waals surface area (Å²) in [7, 11) is 0. The van der Waals surface area contributed by atoms with Gasteiger partial charge < -0.3 is 14.2 Å². The topological polar surface area (TPSA) is 78.9 Å². The van der Waals surface area contributed by atoms with Crippen LogP contribution in [0.3, 0.4) is 0 Å². The van der Waals surface area contributed by atoms with Crippen LogP contribution in [-0.4, -0.2) is 30.4 Å². The molecule has 0 aliphatic carbocycles. The van der Waals surface area contributed by atoms with Crippen LogP contribution in [0.15, 0.2) is 60.7 Å². The first-order chi connectivity index (χ1) is 12.6. The minimum absolute atomic E-state index is 0.0119. The first kappa shape index (κ1) is 19.3. The zero-order valence-corrected chi connectivity index (χ0v) is 14.4. The average molecular weight is 356 g/mol. The van der Waals surface area contributed by atoms with Gasteiger partial charge in [-0.2, -0.15) is 0 Å². The Morgan fingerprint density at radius 2 is 1.35 bits per heavy atom. The van der Waals surface area contributed by atoms with Crippen molar-refractivity contribution in [3.63, 3.8) is 0 Å². The predicted molar refractivity (Wildman–Crippen MR) is 92.9 cm³/mol. The van der Waals surface area contributed by atoms with Crippen molar-refractivity contribution in [2.45, 2.75) is 26.2 Å². The molecule has 0 N–H and O–H groups in total. The maximum Gasteiger partial charge on any atom is 0.378 e. The first-order valence-corrected chi connectivity index (χ1v) is 8.19. The second kappa shape index (κ2) is 10.1. The average Bonchev–Trinajstić information content (AvgIpc) is 2.68. The van der Waals surface area contributed by atoms with Crippen LogP contribution in [0.2, 0.25) is 0 Å². The molecule has 0 spiro atoms. The van der Waals surface area contributed by atoms with Crippen LogP contribution >= 0.6 is 0 Å². The quantitative estimate of drug-likeness (QED) is 0.390. The molecule has 2 aromatic rings. The summed E-state index contributed by atoms with van der Waals surface area (Å²) in [5.74, 6) is -3.14. The van der Waals surface area contributed by atoms with Crippen molar-refractivity contribution in [2.75, 3.05) is 6.61 Å². The number of carbonyl (C=O) groups is 3. The van der Waals surface area contributed by atoms with Crippen LogP contribution in [0.1, 0.15) is 18.1 Å². The van der Waals surface area contributed by atoms with Crippen molar-refractivity contribution >= 4 is 17.7 Å². The van der Waals surface area contributed by atoms with E-state index in [4.69, 9.17) is 14.2 Å². The summed E-state index contributed by atoms with van der Waals surface area (Å²) >= 11 is 0. The molecule has 0 fully saturated rings. The van der Waals surface area contributed by atoms with Gasteiger partial charge in [0, 0.05) is 0 Å². The molecule has 136 valence electrons. The zero-order valence-electron chi connectivity index (χ0n) is 14.4. The second-order valence-corrected chi connectivity index (χ2v) is 5.35. The highest BCUT2D eigenvalue weighted by molar-refractivity contribution is 6.39. The summed E-state index contributed by atoms with van der Waals surface area (Å²) in [6, 6.07) is 17.9. The molecule has 0 radical (unpaired) electrons. The molecule has 2 rings (SSSR count). The lowest BCUT2D eigenvalue weighted by Crippen LogP contribution is -2.39. The summed E-state index contributed by atoms with van der Waals surface area (Å²) < 4.78 is 15.2. The molecule has 0 amide bonds. The molecule has 0 bridgehead atoms. The molecule has 1 atom stereocenters. The van der Waals surface area contributed by atoms with Gasteiger partial charge in [-0.05, 0) is 18.1 Å². The summed E-state index contributed by atoms with van der Waals surface area (Å²) in [5, 5.41) is 0. The Balaban J connectivity index is 1.99. The van der Waals surface area contributed by atoms with Crippen LogP contribution < -0.4 is 0 Å². The van der Waals surface area contributed by atoms with Crippen molar-refractivity contribution in [1.29, 1.82) is 0 Å². The van der Waals surface area contributed by atoms with E-state index in [9.17, 15) is 14.4 Å². The third kappa shape index (κ3) is 5.82. The minimum atomic E-state index is -1.65. The Morgan fingerprint density at radius 1 is 0.808 bits per heavy atom. The third-order valence-corrected chi connectivity index (χ3v) is 3.41. The van der Waals surface area contributed by atoms with Gasteiger partial charge in [-0.15, -0.1) is 0 Å². The van der Waals surface area contributed by atoms with Crippen molar-refractivity contribution < 1.29 is 28.6 Å². The summed E-state index contributed by atoms with van der Waals surface area (Å²) in [5.41, 5.74) is 1.48. The van der Waals surface area contributed by atoms with E-state index < -0.39 is 23.8 Å². The fourth-order valence-electron chi connectivity index (χ4n) is 2.12. The molecule has 0 aliphatic heterocycles. The molecule has 0 aliphatic rings. The highest BCUT2D eigenvalue weighted by Gasteiger charge is 2.35. The lowest BCUT2D eigenvalue weighted by Gasteiger charge is -2.15. The normalized spacial score (nSPS) is 11.4. The van der Waals surface area contributed by atoms with Crippen LogP contribution in [0, 0.1) is 0 Å². The van der Waals surface area contributed by atoms with Crippen molar-refractivity contribution in [2.24, 2.45) is 0 Å². The molecule has 0 saturated carbocycles. The predicted octanol–water partition coefficient (Wildman–Crippen LogP) is 2.45. The van der Waals surface area contributed by atoms with E-state index >= 15 is 0 Å². The molecule has 2 aromatic carbocycles. The lowest BCUT2D eigenvalue weighted by atomic mass is 10.2. The molecular formula is C20H20O6. The molecular weight excluding hydrogens is 336 g/mol. The standard InChI is InChI=1S/C20H20O6/c1-2-24-20(23)18(25-13-15-9-5-3-6-10-15)17(21)19(22)26-14-16-11-7-4-8-12-16/h3-12,18H,2,13-14H2,1H3. The van der Waals surface area contributed by atoms with Gasteiger partial charge in [0.25, 0.3) is 5.78 Å². The molecule has 0 saturated heterocycles. The number of benzene rings is 2. The van der Waals surface area contributed by atoms with Gasteiger partial charge in [-0.3, -0.25) is 4.79 Å². The number of carbonyl (C=O) groups excluding carboxylic acids is 3. The van der Waals surface area contributed by atoms with Gasteiger partial charge in [0.05, 0.1) is 13.2 Å². The third-order valence-electron chi connectivity index (χ3n) is 3.41. The zero-order chi connectivity index (χ0) is 18.8. The maximum absolute atomic E-state index is 12.3. The number of hydrogen-bond donors (Lipinski definition) is 0. The van der Waals surface area contributed by atoms with Crippen molar-refractivity contribution in [3.8, 4) is 0 Å². The van der Waals surface area contributed by atoms with Gasteiger partial charge in [0.15, 0.2) is 0 Å². The van der Waals surface area contributed by atoms with Gasteiger partial charge >= 0.3 is 11.9 Å². The largest absolute Gasteiger partial charge is 0.464 e. The Morgan fingerprint density at radius 3 is 1.88 bits per heavy atom. The van der Waals surface area contributed by atoms with Crippen molar-refractivity contribution in [1.82, 2.24) is 0 Å². The number of ketones is 1.